The van der Waals surface area contributed by atoms with Gasteiger partial charge in [0.25, 0.3) is 0 Å². The zero-order valence-corrected chi connectivity index (χ0v) is 11.9. The van der Waals surface area contributed by atoms with E-state index < -0.39 is 10.0 Å². The second-order valence-corrected chi connectivity index (χ2v) is 6.96. The van der Waals surface area contributed by atoms with Crippen LogP contribution in [0.2, 0.25) is 0 Å². The molecule has 1 fully saturated rings. The van der Waals surface area contributed by atoms with Crippen LogP contribution < -0.4 is 9.62 Å². The summed E-state index contributed by atoms with van der Waals surface area (Å²) >= 11 is 0. The molecule has 1 aliphatic rings. The number of anilines is 1. The monoisotopic (exact) mass is 284 g/mol. The molecule has 6 heteroatoms. The number of benzene rings is 1. The first kappa shape index (κ1) is 14.1. The van der Waals surface area contributed by atoms with E-state index in [2.05, 4.69) is 5.32 Å². The summed E-state index contributed by atoms with van der Waals surface area (Å²) in [5.74, 6) is 0.162. The number of phenolic OH excluding ortho intramolecular Hbond substituents is 1. The van der Waals surface area contributed by atoms with E-state index in [1.54, 1.807) is 12.1 Å². The van der Waals surface area contributed by atoms with Crippen molar-refractivity contribution in [2.75, 3.05) is 23.7 Å². The van der Waals surface area contributed by atoms with Crippen LogP contribution in [-0.4, -0.2) is 38.9 Å². The number of sulfonamides is 1. The number of piperidine rings is 1. The molecular formula is C13H20N2O3S. The maximum absolute atomic E-state index is 12.3. The van der Waals surface area contributed by atoms with Gasteiger partial charge in [-0.2, -0.15) is 0 Å². The van der Waals surface area contributed by atoms with Crippen LogP contribution in [0.15, 0.2) is 24.3 Å². The fourth-order valence-corrected chi connectivity index (χ4v) is 3.73. The van der Waals surface area contributed by atoms with E-state index in [1.807, 2.05) is 0 Å². The highest BCUT2D eigenvalue weighted by molar-refractivity contribution is 7.92. The molecule has 0 bridgehead atoms. The van der Waals surface area contributed by atoms with E-state index in [1.165, 1.54) is 23.5 Å². The molecule has 19 heavy (non-hydrogen) atoms. The topological polar surface area (TPSA) is 69.6 Å². The Kier molecular flexibility index (Phi) is 4.31. The van der Waals surface area contributed by atoms with Gasteiger partial charge in [0, 0.05) is 19.2 Å². The Morgan fingerprint density at radius 3 is 2.84 bits per heavy atom. The number of rotatable bonds is 4. The number of nitrogens with zero attached hydrogens (tertiary/aromatic N) is 1. The fourth-order valence-electron chi connectivity index (χ4n) is 2.28. The lowest BCUT2D eigenvalue weighted by Gasteiger charge is -2.26. The molecule has 1 heterocycles. The molecular weight excluding hydrogens is 264 g/mol. The van der Waals surface area contributed by atoms with Gasteiger partial charge in [0.05, 0.1) is 11.4 Å². The highest BCUT2D eigenvalue weighted by atomic mass is 32.2. The predicted octanol–water partition coefficient (Wildman–Crippen LogP) is 1.30. The summed E-state index contributed by atoms with van der Waals surface area (Å²) in [5.41, 5.74) is 0.482. The lowest BCUT2D eigenvalue weighted by molar-refractivity contribution is 0.423. The van der Waals surface area contributed by atoms with Gasteiger partial charge in [0.15, 0.2) is 0 Å². The molecule has 5 nitrogen and oxygen atoms in total. The maximum Gasteiger partial charge on any atom is 0.236 e. The van der Waals surface area contributed by atoms with Crippen molar-refractivity contribution in [3.8, 4) is 5.75 Å². The van der Waals surface area contributed by atoms with Gasteiger partial charge in [-0.15, -0.1) is 0 Å². The minimum absolute atomic E-state index is 0.0264. The summed E-state index contributed by atoms with van der Waals surface area (Å²) in [7, 11) is -1.85. The third kappa shape index (κ3) is 3.61. The van der Waals surface area contributed by atoms with Crippen LogP contribution in [0.4, 0.5) is 5.69 Å². The van der Waals surface area contributed by atoms with Crippen LogP contribution >= 0.6 is 0 Å². The van der Waals surface area contributed by atoms with Crippen molar-refractivity contribution in [2.45, 2.75) is 25.3 Å². The van der Waals surface area contributed by atoms with Gasteiger partial charge in [-0.25, -0.2) is 8.42 Å². The summed E-state index contributed by atoms with van der Waals surface area (Å²) < 4.78 is 25.9. The van der Waals surface area contributed by atoms with Gasteiger partial charge in [-0.05, 0) is 31.5 Å². The molecule has 2 rings (SSSR count). The van der Waals surface area contributed by atoms with Gasteiger partial charge in [0.2, 0.25) is 10.0 Å². The number of hydrogen-bond donors (Lipinski definition) is 2. The molecule has 1 atom stereocenters. The van der Waals surface area contributed by atoms with Crippen molar-refractivity contribution in [1.82, 2.24) is 5.32 Å². The van der Waals surface area contributed by atoms with E-state index in [4.69, 9.17) is 0 Å². The standard InChI is InChI=1S/C13H20N2O3S/c1-15(12-6-4-7-13(16)9-12)19(17,18)10-11-5-2-3-8-14-11/h4,6-7,9,11,14,16H,2-3,5,8,10H2,1H3. The van der Waals surface area contributed by atoms with Crippen molar-refractivity contribution in [3.05, 3.63) is 24.3 Å². The number of nitrogens with one attached hydrogen (secondary N) is 1. The molecule has 1 aromatic rings. The van der Waals surface area contributed by atoms with Gasteiger partial charge >= 0.3 is 0 Å². The first-order valence-electron chi connectivity index (χ1n) is 6.48. The molecule has 106 valence electrons. The van der Waals surface area contributed by atoms with Gasteiger partial charge in [0.1, 0.15) is 5.75 Å². The molecule has 1 aromatic carbocycles. The van der Waals surface area contributed by atoms with Gasteiger partial charge < -0.3 is 10.4 Å². The zero-order chi connectivity index (χ0) is 13.9. The Balaban J connectivity index is 2.10. The molecule has 0 spiro atoms. The van der Waals surface area contributed by atoms with Crippen LogP contribution in [0.5, 0.6) is 5.75 Å². The SMILES string of the molecule is CN(c1cccc(O)c1)S(=O)(=O)CC1CCCCN1. The molecule has 0 saturated carbocycles. The Morgan fingerprint density at radius 1 is 1.42 bits per heavy atom. The van der Waals surface area contributed by atoms with E-state index in [0.29, 0.717) is 5.69 Å². The van der Waals surface area contributed by atoms with Crippen molar-refractivity contribution < 1.29 is 13.5 Å². The molecule has 1 aliphatic heterocycles. The number of phenols is 1. The second kappa shape index (κ2) is 5.79. The van der Waals surface area contributed by atoms with Crippen LogP contribution in [0.25, 0.3) is 0 Å². The predicted molar refractivity (Wildman–Crippen MR) is 75.9 cm³/mol. The van der Waals surface area contributed by atoms with Crippen molar-refractivity contribution >= 4 is 15.7 Å². The molecule has 0 amide bonds. The smallest absolute Gasteiger partial charge is 0.236 e. The lowest BCUT2D eigenvalue weighted by atomic mass is 10.1. The molecule has 0 aliphatic carbocycles. The first-order chi connectivity index (χ1) is 8.99. The lowest BCUT2D eigenvalue weighted by Crippen LogP contribution is -2.43. The first-order valence-corrected chi connectivity index (χ1v) is 8.09. The average Bonchev–Trinajstić information content (AvgIpc) is 2.38. The summed E-state index contributed by atoms with van der Waals surface area (Å²) in [4.78, 5) is 0. The Labute approximate surface area is 114 Å². The van der Waals surface area contributed by atoms with E-state index >= 15 is 0 Å². The molecule has 1 unspecified atom stereocenters. The molecule has 0 radical (unpaired) electrons. The molecule has 1 saturated heterocycles. The van der Waals surface area contributed by atoms with E-state index in [9.17, 15) is 13.5 Å². The van der Waals surface area contributed by atoms with Crippen LogP contribution in [-0.2, 0) is 10.0 Å². The highest BCUT2D eigenvalue weighted by Crippen LogP contribution is 2.22. The Morgan fingerprint density at radius 2 is 2.21 bits per heavy atom. The average molecular weight is 284 g/mol. The zero-order valence-electron chi connectivity index (χ0n) is 11.0. The van der Waals surface area contributed by atoms with Crippen LogP contribution in [0.1, 0.15) is 19.3 Å². The summed E-state index contributed by atoms with van der Waals surface area (Å²) in [5, 5.41) is 12.7. The minimum atomic E-state index is -3.37. The largest absolute Gasteiger partial charge is 0.508 e. The second-order valence-electron chi connectivity index (χ2n) is 4.91. The van der Waals surface area contributed by atoms with Crippen molar-refractivity contribution in [3.63, 3.8) is 0 Å². The van der Waals surface area contributed by atoms with Crippen molar-refractivity contribution in [1.29, 1.82) is 0 Å². The van der Waals surface area contributed by atoms with Crippen molar-refractivity contribution in [2.24, 2.45) is 0 Å². The van der Waals surface area contributed by atoms with Crippen LogP contribution in [0, 0.1) is 0 Å². The Hall–Kier alpha value is -1.27. The Bertz CT molecular complexity index is 524. The van der Waals surface area contributed by atoms with E-state index in [0.717, 1.165) is 25.8 Å². The summed E-state index contributed by atoms with van der Waals surface area (Å²) in [6.07, 6.45) is 3.08. The third-order valence-electron chi connectivity index (χ3n) is 3.43. The number of hydrogen-bond acceptors (Lipinski definition) is 4. The fraction of sp³-hybridized carbons (Fsp3) is 0.538. The maximum atomic E-state index is 12.3. The molecule has 0 aromatic heterocycles. The van der Waals surface area contributed by atoms with Crippen LogP contribution in [0.3, 0.4) is 0 Å². The summed E-state index contributed by atoms with van der Waals surface area (Å²) in [6, 6.07) is 6.30. The third-order valence-corrected chi connectivity index (χ3v) is 5.30. The van der Waals surface area contributed by atoms with Gasteiger partial charge in [-0.3, -0.25) is 4.31 Å². The van der Waals surface area contributed by atoms with Gasteiger partial charge in [-0.1, -0.05) is 12.5 Å². The quantitative estimate of drug-likeness (QED) is 0.874. The normalized spacial score (nSPS) is 20.2. The molecule has 2 N–H and O–H groups in total. The highest BCUT2D eigenvalue weighted by Gasteiger charge is 2.25. The minimum Gasteiger partial charge on any atom is -0.508 e. The summed E-state index contributed by atoms with van der Waals surface area (Å²) in [6.45, 7) is 0.885. The number of aromatic hydroxyl groups is 1. The van der Waals surface area contributed by atoms with E-state index in [-0.39, 0.29) is 17.5 Å².